The standard InChI is InChI=1S/C23H39N5O.HI/c1-4-24-23(25-15-11-17-28-16-10-6-9-14-22(28)29)26-18-20(2)27(3)19-21-12-7-5-8-13-21;/h5,7-8,12-13,20H,4,6,9-11,14-19H2,1-3H3,(H2,24,25,26);1H. The summed E-state index contributed by atoms with van der Waals surface area (Å²) in [5, 5.41) is 6.74. The number of carbonyl (C=O) groups excluding carboxylic acids is 1. The second-order valence-electron chi connectivity index (χ2n) is 7.94. The number of aliphatic imine (C=N–C) groups is 1. The number of carbonyl (C=O) groups is 1. The summed E-state index contributed by atoms with van der Waals surface area (Å²) in [7, 11) is 2.14. The first kappa shape index (κ1) is 26.7. The van der Waals surface area contributed by atoms with Gasteiger partial charge in [0.1, 0.15) is 0 Å². The maximum atomic E-state index is 12.1. The number of nitrogens with one attached hydrogen (secondary N) is 2. The summed E-state index contributed by atoms with van der Waals surface area (Å²) in [5.74, 6) is 1.17. The van der Waals surface area contributed by atoms with Crippen LogP contribution in [0, 0.1) is 0 Å². The van der Waals surface area contributed by atoms with Crippen LogP contribution in [0.15, 0.2) is 35.3 Å². The lowest BCUT2D eigenvalue weighted by Gasteiger charge is -2.24. The van der Waals surface area contributed by atoms with Gasteiger partial charge in [0.25, 0.3) is 0 Å². The minimum absolute atomic E-state index is 0. The van der Waals surface area contributed by atoms with E-state index >= 15 is 0 Å². The molecule has 0 aliphatic carbocycles. The van der Waals surface area contributed by atoms with Crippen molar-refractivity contribution >= 4 is 35.8 Å². The molecule has 1 aliphatic heterocycles. The Labute approximate surface area is 199 Å². The fraction of sp³-hybridized carbons (Fsp3) is 0.652. The van der Waals surface area contributed by atoms with Crippen LogP contribution in [0.5, 0.6) is 0 Å². The molecule has 2 N–H and O–H groups in total. The van der Waals surface area contributed by atoms with Crippen LogP contribution in [-0.4, -0.2) is 67.5 Å². The van der Waals surface area contributed by atoms with Crippen LogP contribution in [0.3, 0.4) is 0 Å². The number of hydrogen-bond donors (Lipinski definition) is 2. The predicted molar refractivity (Wildman–Crippen MR) is 136 cm³/mol. The molecule has 1 heterocycles. The molecule has 1 aromatic carbocycles. The van der Waals surface area contributed by atoms with E-state index in [9.17, 15) is 4.79 Å². The number of guanidine groups is 1. The highest BCUT2D eigenvalue weighted by Gasteiger charge is 2.15. The molecule has 1 aromatic rings. The average Bonchev–Trinajstić information content (AvgIpc) is 2.93. The number of likely N-dealkylation sites (N-methyl/N-ethyl adjacent to an activating group) is 1. The van der Waals surface area contributed by atoms with Gasteiger partial charge in [-0.05, 0) is 45.7 Å². The SMILES string of the molecule is CCNC(=NCC(C)N(C)Cc1ccccc1)NCCCN1CCCCCC1=O.I. The highest BCUT2D eigenvalue weighted by molar-refractivity contribution is 14.0. The first-order valence-electron chi connectivity index (χ1n) is 11.1. The average molecular weight is 530 g/mol. The molecule has 1 fully saturated rings. The van der Waals surface area contributed by atoms with E-state index < -0.39 is 0 Å². The van der Waals surface area contributed by atoms with Gasteiger partial charge in [-0.15, -0.1) is 24.0 Å². The Bertz CT molecular complexity index is 625. The Hall–Kier alpha value is -1.35. The van der Waals surface area contributed by atoms with Crippen LogP contribution >= 0.6 is 24.0 Å². The Morgan fingerprint density at radius 3 is 2.70 bits per heavy atom. The summed E-state index contributed by atoms with van der Waals surface area (Å²) in [5.41, 5.74) is 1.32. The maximum Gasteiger partial charge on any atom is 0.222 e. The molecule has 0 bridgehead atoms. The van der Waals surface area contributed by atoms with Crippen molar-refractivity contribution in [3.8, 4) is 0 Å². The zero-order valence-corrected chi connectivity index (χ0v) is 21.2. The molecule has 170 valence electrons. The van der Waals surface area contributed by atoms with E-state index in [-0.39, 0.29) is 24.0 Å². The molecule has 1 atom stereocenters. The van der Waals surface area contributed by atoms with E-state index in [1.807, 2.05) is 11.0 Å². The number of halogens is 1. The third kappa shape index (κ3) is 10.1. The summed E-state index contributed by atoms with van der Waals surface area (Å²) in [6, 6.07) is 10.9. The second kappa shape index (κ2) is 15.5. The van der Waals surface area contributed by atoms with Crippen molar-refractivity contribution in [3.63, 3.8) is 0 Å². The molecule has 1 unspecified atom stereocenters. The van der Waals surface area contributed by atoms with Gasteiger partial charge < -0.3 is 15.5 Å². The van der Waals surface area contributed by atoms with Crippen LogP contribution in [0.1, 0.15) is 51.5 Å². The van der Waals surface area contributed by atoms with Crippen molar-refractivity contribution < 1.29 is 4.79 Å². The predicted octanol–water partition coefficient (Wildman–Crippen LogP) is 3.47. The maximum absolute atomic E-state index is 12.1. The van der Waals surface area contributed by atoms with Crippen LogP contribution < -0.4 is 10.6 Å². The topological polar surface area (TPSA) is 60.0 Å². The summed E-state index contributed by atoms with van der Waals surface area (Å²) in [6.45, 7) is 9.36. The Morgan fingerprint density at radius 2 is 1.97 bits per heavy atom. The summed E-state index contributed by atoms with van der Waals surface area (Å²) >= 11 is 0. The molecular formula is C23H40IN5O. The monoisotopic (exact) mass is 529 g/mol. The molecule has 2 rings (SSSR count). The van der Waals surface area contributed by atoms with E-state index in [1.165, 1.54) is 12.0 Å². The largest absolute Gasteiger partial charge is 0.357 e. The van der Waals surface area contributed by atoms with E-state index in [0.29, 0.717) is 18.4 Å². The molecule has 1 saturated heterocycles. The molecule has 6 nitrogen and oxygen atoms in total. The zero-order chi connectivity index (χ0) is 20.9. The van der Waals surface area contributed by atoms with Gasteiger partial charge in [-0.2, -0.15) is 0 Å². The molecular weight excluding hydrogens is 489 g/mol. The van der Waals surface area contributed by atoms with E-state index in [0.717, 1.165) is 64.5 Å². The van der Waals surface area contributed by atoms with Gasteiger partial charge in [-0.3, -0.25) is 14.7 Å². The Morgan fingerprint density at radius 1 is 1.20 bits per heavy atom. The summed E-state index contributed by atoms with van der Waals surface area (Å²) in [4.78, 5) is 21.2. The molecule has 1 aliphatic rings. The highest BCUT2D eigenvalue weighted by atomic mass is 127. The third-order valence-electron chi connectivity index (χ3n) is 5.45. The van der Waals surface area contributed by atoms with Crippen LogP contribution in [-0.2, 0) is 11.3 Å². The number of amides is 1. The molecule has 0 spiro atoms. The fourth-order valence-electron chi connectivity index (χ4n) is 3.48. The molecule has 1 amide bonds. The smallest absolute Gasteiger partial charge is 0.222 e. The second-order valence-corrected chi connectivity index (χ2v) is 7.94. The summed E-state index contributed by atoms with van der Waals surface area (Å²) in [6.07, 6.45) is 5.01. The van der Waals surface area contributed by atoms with Gasteiger partial charge in [0.05, 0.1) is 6.54 Å². The first-order chi connectivity index (χ1) is 14.1. The van der Waals surface area contributed by atoms with Crippen molar-refractivity contribution in [2.24, 2.45) is 4.99 Å². The van der Waals surface area contributed by atoms with Crippen LogP contribution in [0.25, 0.3) is 0 Å². The van der Waals surface area contributed by atoms with Crippen molar-refractivity contribution in [1.82, 2.24) is 20.4 Å². The van der Waals surface area contributed by atoms with Crippen LogP contribution in [0.2, 0.25) is 0 Å². The lowest BCUT2D eigenvalue weighted by Crippen LogP contribution is -2.40. The third-order valence-corrected chi connectivity index (χ3v) is 5.45. The molecule has 0 radical (unpaired) electrons. The van der Waals surface area contributed by atoms with E-state index in [2.05, 4.69) is 60.7 Å². The van der Waals surface area contributed by atoms with Crippen molar-refractivity contribution in [2.75, 3.05) is 39.8 Å². The van der Waals surface area contributed by atoms with Crippen molar-refractivity contribution in [1.29, 1.82) is 0 Å². The van der Waals surface area contributed by atoms with Crippen molar-refractivity contribution in [2.45, 2.75) is 58.5 Å². The normalized spacial score (nSPS) is 16.1. The Kier molecular flexibility index (Phi) is 13.7. The molecule has 0 saturated carbocycles. The Balaban J connectivity index is 0.00000450. The van der Waals surface area contributed by atoms with Crippen molar-refractivity contribution in [3.05, 3.63) is 35.9 Å². The minimum Gasteiger partial charge on any atom is -0.357 e. The lowest BCUT2D eigenvalue weighted by molar-refractivity contribution is -0.130. The fourth-order valence-corrected chi connectivity index (χ4v) is 3.48. The summed E-state index contributed by atoms with van der Waals surface area (Å²) < 4.78 is 0. The van der Waals surface area contributed by atoms with E-state index in [4.69, 9.17) is 4.99 Å². The number of rotatable bonds is 10. The first-order valence-corrected chi connectivity index (χ1v) is 11.1. The van der Waals surface area contributed by atoms with Gasteiger partial charge in [0, 0.05) is 45.2 Å². The number of hydrogen-bond acceptors (Lipinski definition) is 3. The zero-order valence-electron chi connectivity index (χ0n) is 18.9. The lowest BCUT2D eigenvalue weighted by atomic mass is 10.2. The molecule has 0 aromatic heterocycles. The minimum atomic E-state index is 0. The van der Waals surface area contributed by atoms with Gasteiger partial charge in [-0.25, -0.2) is 0 Å². The highest BCUT2D eigenvalue weighted by Crippen LogP contribution is 2.11. The molecule has 30 heavy (non-hydrogen) atoms. The van der Waals surface area contributed by atoms with Gasteiger partial charge in [0.2, 0.25) is 5.91 Å². The van der Waals surface area contributed by atoms with Crippen LogP contribution in [0.4, 0.5) is 0 Å². The van der Waals surface area contributed by atoms with E-state index in [1.54, 1.807) is 0 Å². The number of likely N-dealkylation sites (tertiary alicyclic amines) is 1. The van der Waals surface area contributed by atoms with Gasteiger partial charge in [-0.1, -0.05) is 36.8 Å². The van der Waals surface area contributed by atoms with Gasteiger partial charge >= 0.3 is 0 Å². The molecule has 7 heteroatoms. The number of benzene rings is 1. The number of nitrogens with zero attached hydrogens (tertiary/aromatic N) is 3. The quantitative estimate of drug-likeness (QED) is 0.211. The van der Waals surface area contributed by atoms with Gasteiger partial charge in [0.15, 0.2) is 5.96 Å².